The van der Waals surface area contributed by atoms with Gasteiger partial charge in [0.1, 0.15) is 0 Å². The van der Waals surface area contributed by atoms with Crippen LogP contribution in [0.2, 0.25) is 0 Å². The number of halogens is 1. The van der Waals surface area contributed by atoms with Gasteiger partial charge in [-0.1, -0.05) is 31.4 Å². The van der Waals surface area contributed by atoms with Crippen molar-refractivity contribution >= 4 is 36.0 Å². The minimum atomic E-state index is -0.0607. The van der Waals surface area contributed by atoms with E-state index < -0.39 is 0 Å². The highest BCUT2D eigenvalue weighted by atomic mass is 35.5. The molecule has 28 heavy (non-hydrogen) atoms. The zero-order valence-corrected chi connectivity index (χ0v) is 18.0. The highest BCUT2D eigenvalue weighted by Gasteiger charge is 2.18. The van der Waals surface area contributed by atoms with Gasteiger partial charge in [0.2, 0.25) is 5.91 Å². The summed E-state index contributed by atoms with van der Waals surface area (Å²) in [5, 5.41) is 9.47. The molecule has 1 unspecified atom stereocenters. The Morgan fingerprint density at radius 2 is 1.79 bits per heavy atom. The highest BCUT2D eigenvalue weighted by molar-refractivity contribution is 8.00. The van der Waals surface area contributed by atoms with E-state index in [0.717, 1.165) is 24.4 Å². The van der Waals surface area contributed by atoms with Crippen molar-refractivity contribution in [1.82, 2.24) is 16.0 Å². The molecule has 2 aliphatic rings. The fraction of sp³-hybridized carbons (Fsp3) is 0.619. The van der Waals surface area contributed by atoms with Gasteiger partial charge in [-0.2, -0.15) is 0 Å². The van der Waals surface area contributed by atoms with Gasteiger partial charge in [0, 0.05) is 24.0 Å². The lowest BCUT2D eigenvalue weighted by atomic mass is 9.89. The second-order valence-electron chi connectivity index (χ2n) is 7.60. The summed E-state index contributed by atoms with van der Waals surface area (Å²) < 4.78 is 0. The minimum absolute atomic E-state index is 0. The third-order valence-electron chi connectivity index (χ3n) is 5.47. The van der Waals surface area contributed by atoms with Crippen LogP contribution in [0.4, 0.5) is 0 Å². The Morgan fingerprint density at radius 3 is 2.54 bits per heavy atom. The Hall–Kier alpha value is -1.24. The highest BCUT2D eigenvalue weighted by Crippen LogP contribution is 2.24. The first-order chi connectivity index (χ1) is 13.2. The van der Waals surface area contributed by atoms with Crippen molar-refractivity contribution in [3.63, 3.8) is 0 Å². The monoisotopic (exact) mass is 425 g/mol. The molecule has 1 aromatic rings. The molecule has 1 aromatic carbocycles. The van der Waals surface area contributed by atoms with Crippen molar-refractivity contribution in [1.29, 1.82) is 0 Å². The van der Waals surface area contributed by atoms with Gasteiger partial charge in [-0.3, -0.25) is 9.59 Å². The van der Waals surface area contributed by atoms with E-state index in [1.807, 2.05) is 24.3 Å². The van der Waals surface area contributed by atoms with E-state index in [9.17, 15) is 9.59 Å². The molecule has 1 saturated carbocycles. The quantitative estimate of drug-likeness (QED) is 0.558. The summed E-state index contributed by atoms with van der Waals surface area (Å²) in [5.41, 5.74) is 0.653. The van der Waals surface area contributed by atoms with Crippen molar-refractivity contribution in [2.75, 3.05) is 25.4 Å². The van der Waals surface area contributed by atoms with Gasteiger partial charge in [0.05, 0.1) is 11.3 Å². The summed E-state index contributed by atoms with van der Waals surface area (Å²) in [6, 6.07) is 7.91. The van der Waals surface area contributed by atoms with Crippen molar-refractivity contribution < 1.29 is 9.59 Å². The number of benzene rings is 1. The summed E-state index contributed by atoms with van der Waals surface area (Å²) >= 11 is 1.44. The van der Waals surface area contributed by atoms with Crippen LogP contribution >= 0.6 is 24.2 Å². The van der Waals surface area contributed by atoms with Crippen LogP contribution in [0.15, 0.2) is 29.2 Å². The fourth-order valence-electron chi connectivity index (χ4n) is 3.87. The Kier molecular flexibility index (Phi) is 10.2. The molecule has 0 bridgehead atoms. The Morgan fingerprint density at radius 1 is 1.00 bits per heavy atom. The number of rotatable bonds is 8. The number of nitrogens with one attached hydrogen (secondary N) is 3. The van der Waals surface area contributed by atoms with Gasteiger partial charge in [0.25, 0.3) is 5.91 Å². The second kappa shape index (κ2) is 12.3. The normalized spacial score (nSPS) is 19.6. The molecule has 0 aromatic heterocycles. The molecule has 2 fully saturated rings. The summed E-state index contributed by atoms with van der Waals surface area (Å²) in [7, 11) is 0. The topological polar surface area (TPSA) is 70.2 Å². The Labute approximate surface area is 178 Å². The van der Waals surface area contributed by atoms with Crippen molar-refractivity contribution in [2.45, 2.75) is 55.9 Å². The molecule has 1 heterocycles. The van der Waals surface area contributed by atoms with Gasteiger partial charge in [-0.25, -0.2) is 0 Å². The zero-order valence-electron chi connectivity index (χ0n) is 16.4. The maximum absolute atomic E-state index is 12.5. The number of amides is 2. The smallest absolute Gasteiger partial charge is 0.252 e. The van der Waals surface area contributed by atoms with Crippen molar-refractivity contribution in [3.05, 3.63) is 29.8 Å². The molecule has 0 spiro atoms. The third kappa shape index (κ3) is 7.30. The van der Waals surface area contributed by atoms with Crippen LogP contribution in [0.1, 0.15) is 55.3 Å². The maximum Gasteiger partial charge on any atom is 0.252 e. The van der Waals surface area contributed by atoms with Gasteiger partial charge in [-0.15, -0.1) is 24.2 Å². The summed E-state index contributed by atoms with van der Waals surface area (Å²) in [6.07, 6.45) is 8.64. The van der Waals surface area contributed by atoms with E-state index in [4.69, 9.17) is 0 Å². The third-order valence-corrected chi connectivity index (χ3v) is 6.55. The second-order valence-corrected chi connectivity index (χ2v) is 8.61. The number of hydrogen-bond donors (Lipinski definition) is 3. The predicted molar refractivity (Wildman–Crippen MR) is 117 cm³/mol. The van der Waals surface area contributed by atoms with E-state index in [1.54, 1.807) is 0 Å². The molecule has 3 N–H and O–H groups in total. The first-order valence-corrected chi connectivity index (χ1v) is 11.2. The number of hydrogen-bond acceptors (Lipinski definition) is 4. The molecule has 1 aliphatic carbocycles. The van der Waals surface area contributed by atoms with Gasteiger partial charge in [0.15, 0.2) is 0 Å². The lowest BCUT2D eigenvalue weighted by molar-refractivity contribution is -0.118. The molecule has 5 nitrogen and oxygen atoms in total. The van der Waals surface area contributed by atoms with Crippen molar-refractivity contribution in [3.8, 4) is 0 Å². The lowest BCUT2D eigenvalue weighted by Gasteiger charge is -2.21. The van der Waals surface area contributed by atoms with E-state index in [-0.39, 0.29) is 24.2 Å². The average molecular weight is 426 g/mol. The number of carbonyl (C=O) groups is 2. The van der Waals surface area contributed by atoms with E-state index in [0.29, 0.717) is 29.8 Å². The lowest BCUT2D eigenvalue weighted by Crippen LogP contribution is -2.37. The van der Waals surface area contributed by atoms with Crippen LogP contribution in [-0.2, 0) is 4.79 Å². The van der Waals surface area contributed by atoms with Gasteiger partial charge >= 0.3 is 0 Å². The van der Waals surface area contributed by atoms with Crippen LogP contribution in [0.5, 0.6) is 0 Å². The zero-order chi connectivity index (χ0) is 18.9. The standard InChI is InChI=1S/C21H31N3O2S.ClH/c25-20(23-13-16-7-2-1-3-8-16)15-27-19-11-5-4-10-18(19)21(26)24-14-17-9-6-12-22-17;/h4-5,10-11,16-17,22H,1-3,6-9,12-15H2,(H,23,25)(H,24,26);1H. The summed E-state index contributed by atoms with van der Waals surface area (Å²) in [6.45, 7) is 2.47. The van der Waals surface area contributed by atoms with Crippen LogP contribution < -0.4 is 16.0 Å². The largest absolute Gasteiger partial charge is 0.355 e. The number of carbonyl (C=O) groups excluding carboxylic acids is 2. The Balaban J connectivity index is 0.00000280. The first-order valence-electron chi connectivity index (χ1n) is 10.2. The average Bonchev–Trinajstić information content (AvgIpc) is 3.23. The molecule has 1 aliphatic heterocycles. The molecule has 2 amide bonds. The molecule has 3 rings (SSSR count). The van der Waals surface area contributed by atoms with Crippen LogP contribution in [0.3, 0.4) is 0 Å². The molecule has 156 valence electrons. The van der Waals surface area contributed by atoms with Gasteiger partial charge in [-0.05, 0) is 50.3 Å². The molecular formula is C21H32ClN3O2S. The van der Waals surface area contributed by atoms with E-state index >= 15 is 0 Å². The Bertz CT molecular complexity index is 632. The maximum atomic E-state index is 12.5. The SMILES string of the molecule is Cl.O=C(CSc1ccccc1C(=O)NCC1CCCN1)NCC1CCCCC1. The van der Waals surface area contributed by atoms with E-state index in [1.165, 1.54) is 50.3 Å². The van der Waals surface area contributed by atoms with Crippen LogP contribution in [0.25, 0.3) is 0 Å². The van der Waals surface area contributed by atoms with Crippen molar-refractivity contribution in [2.24, 2.45) is 5.92 Å². The number of thioether (sulfide) groups is 1. The summed E-state index contributed by atoms with van der Waals surface area (Å²) in [4.78, 5) is 25.6. The summed E-state index contributed by atoms with van der Waals surface area (Å²) in [5.74, 6) is 0.974. The molecule has 0 radical (unpaired) electrons. The van der Waals surface area contributed by atoms with Crippen LogP contribution in [0, 0.1) is 5.92 Å². The minimum Gasteiger partial charge on any atom is -0.355 e. The predicted octanol–water partition coefficient (Wildman–Crippen LogP) is 3.38. The molecule has 1 saturated heterocycles. The molecule has 1 atom stereocenters. The molecule has 7 heteroatoms. The van der Waals surface area contributed by atoms with Crippen LogP contribution in [-0.4, -0.2) is 43.2 Å². The van der Waals surface area contributed by atoms with E-state index in [2.05, 4.69) is 16.0 Å². The molecular weight excluding hydrogens is 394 g/mol. The first kappa shape index (κ1) is 23.0. The fourth-order valence-corrected chi connectivity index (χ4v) is 4.75. The van der Waals surface area contributed by atoms with Gasteiger partial charge < -0.3 is 16.0 Å².